The first kappa shape index (κ1) is 15.5. The van der Waals surface area contributed by atoms with Crippen molar-refractivity contribution < 1.29 is 42.5 Å². The zero-order valence-electron chi connectivity index (χ0n) is 8.98. The summed E-state index contributed by atoms with van der Waals surface area (Å²) in [6.45, 7) is 3.54. The van der Waals surface area contributed by atoms with Crippen LogP contribution in [0.3, 0.4) is 0 Å². The van der Waals surface area contributed by atoms with E-state index in [1.54, 1.807) is 25.1 Å². The Labute approximate surface area is 117 Å². The number of hydrogen-bond acceptors (Lipinski definition) is 4. The molecular weight excluding hydrogens is 243 g/mol. The maximum absolute atomic E-state index is 11.0. The van der Waals surface area contributed by atoms with Crippen LogP contribution in [0.1, 0.15) is 12.5 Å². The molecule has 6 heteroatoms. The molecule has 0 aliphatic carbocycles. The molecule has 1 aromatic rings. The van der Waals surface area contributed by atoms with Gasteiger partial charge >= 0.3 is 29.6 Å². The summed E-state index contributed by atoms with van der Waals surface area (Å²) in [5, 5.41) is 0. The van der Waals surface area contributed by atoms with Gasteiger partial charge in [-0.05, 0) is 24.3 Å². The molecule has 0 bridgehead atoms. The number of aryl methyl sites for hydroxylation is 1. The Bertz CT molecular complexity index is 429. The van der Waals surface area contributed by atoms with Crippen molar-refractivity contribution in [1.29, 1.82) is 0 Å². The number of thioether (sulfide) groups is 1. The van der Waals surface area contributed by atoms with Gasteiger partial charge < -0.3 is 4.55 Å². The SMILES string of the molecule is CCSc1cccc(C)c1S(=O)(=O)[O-].[Na+]. The molecule has 1 aromatic carbocycles. The van der Waals surface area contributed by atoms with E-state index in [4.69, 9.17) is 0 Å². The summed E-state index contributed by atoms with van der Waals surface area (Å²) >= 11 is 1.36. The zero-order chi connectivity index (χ0) is 10.8. The van der Waals surface area contributed by atoms with E-state index >= 15 is 0 Å². The van der Waals surface area contributed by atoms with E-state index in [1.165, 1.54) is 11.8 Å². The van der Waals surface area contributed by atoms with Crippen LogP contribution >= 0.6 is 11.8 Å². The van der Waals surface area contributed by atoms with E-state index < -0.39 is 10.1 Å². The molecule has 0 spiro atoms. The molecule has 0 saturated heterocycles. The van der Waals surface area contributed by atoms with Gasteiger partial charge in [0.2, 0.25) is 0 Å². The fourth-order valence-corrected chi connectivity index (χ4v) is 3.25. The molecule has 0 radical (unpaired) electrons. The summed E-state index contributed by atoms with van der Waals surface area (Å²) in [5.74, 6) is 0.742. The monoisotopic (exact) mass is 254 g/mol. The maximum atomic E-state index is 11.0. The summed E-state index contributed by atoms with van der Waals surface area (Å²) in [6.07, 6.45) is 0. The van der Waals surface area contributed by atoms with Gasteiger partial charge in [-0.3, -0.25) is 0 Å². The van der Waals surface area contributed by atoms with Gasteiger partial charge in [0.15, 0.2) is 0 Å². The van der Waals surface area contributed by atoms with Gasteiger partial charge in [0.05, 0.1) is 4.90 Å². The van der Waals surface area contributed by atoms with Crippen molar-refractivity contribution in [3.63, 3.8) is 0 Å². The molecule has 0 aromatic heterocycles. The van der Waals surface area contributed by atoms with Gasteiger partial charge in [0.1, 0.15) is 10.1 Å². The van der Waals surface area contributed by atoms with Crippen LogP contribution in [0.5, 0.6) is 0 Å². The van der Waals surface area contributed by atoms with Gasteiger partial charge in [-0.2, -0.15) is 0 Å². The van der Waals surface area contributed by atoms with Gasteiger partial charge in [0.25, 0.3) is 0 Å². The van der Waals surface area contributed by atoms with Crippen molar-refractivity contribution in [3.05, 3.63) is 23.8 Å². The topological polar surface area (TPSA) is 57.2 Å². The summed E-state index contributed by atoms with van der Waals surface area (Å²) in [7, 11) is -4.36. The molecule has 0 heterocycles. The van der Waals surface area contributed by atoms with E-state index in [0.717, 1.165) is 5.75 Å². The molecule has 0 unspecified atom stereocenters. The Morgan fingerprint density at radius 1 is 1.40 bits per heavy atom. The Balaban J connectivity index is 0.00000196. The summed E-state index contributed by atoms with van der Waals surface area (Å²) < 4.78 is 32.9. The number of benzene rings is 1. The third-order valence-electron chi connectivity index (χ3n) is 1.73. The molecule has 15 heavy (non-hydrogen) atoms. The second-order valence-corrected chi connectivity index (χ2v) is 5.41. The molecular formula is C9H11NaO3S2. The van der Waals surface area contributed by atoms with Crippen molar-refractivity contribution in [2.24, 2.45) is 0 Å². The van der Waals surface area contributed by atoms with Gasteiger partial charge in [-0.15, -0.1) is 11.8 Å². The number of rotatable bonds is 3. The molecule has 1 rings (SSSR count). The third-order valence-corrected chi connectivity index (χ3v) is 3.84. The van der Waals surface area contributed by atoms with Crippen molar-refractivity contribution >= 4 is 21.9 Å². The van der Waals surface area contributed by atoms with E-state index in [1.807, 2.05) is 6.92 Å². The first-order valence-electron chi connectivity index (χ1n) is 4.15. The quantitative estimate of drug-likeness (QED) is 0.395. The van der Waals surface area contributed by atoms with Crippen LogP contribution in [0.15, 0.2) is 28.0 Å². The summed E-state index contributed by atoms with van der Waals surface area (Å²) in [6, 6.07) is 5.04. The first-order chi connectivity index (χ1) is 6.46. The van der Waals surface area contributed by atoms with Crippen molar-refractivity contribution in [2.75, 3.05) is 5.75 Å². The fraction of sp³-hybridized carbons (Fsp3) is 0.333. The Morgan fingerprint density at radius 3 is 2.47 bits per heavy atom. The molecule has 0 amide bonds. The molecule has 3 nitrogen and oxygen atoms in total. The third kappa shape index (κ3) is 4.09. The molecule has 0 fully saturated rings. The summed E-state index contributed by atoms with van der Waals surface area (Å²) in [5.41, 5.74) is 0.512. The van der Waals surface area contributed by atoms with Crippen LogP contribution in [0.4, 0.5) is 0 Å². The van der Waals surface area contributed by atoms with Crippen molar-refractivity contribution in [1.82, 2.24) is 0 Å². The average Bonchev–Trinajstić information content (AvgIpc) is 2.02. The second kappa shape index (κ2) is 6.27. The normalized spacial score (nSPS) is 10.9. The minimum absolute atomic E-state index is 0. The fourth-order valence-electron chi connectivity index (χ4n) is 1.22. The second-order valence-electron chi connectivity index (χ2n) is 2.79. The van der Waals surface area contributed by atoms with Gasteiger partial charge in [-0.1, -0.05) is 19.1 Å². The molecule has 0 aliphatic rings. The molecule has 0 aliphatic heterocycles. The minimum atomic E-state index is -4.36. The van der Waals surface area contributed by atoms with Crippen molar-refractivity contribution in [2.45, 2.75) is 23.6 Å². The average molecular weight is 254 g/mol. The van der Waals surface area contributed by atoms with Gasteiger partial charge in [-0.25, -0.2) is 8.42 Å². The van der Waals surface area contributed by atoms with Crippen LogP contribution < -0.4 is 29.6 Å². The van der Waals surface area contributed by atoms with Crippen LogP contribution in [-0.2, 0) is 10.1 Å². The van der Waals surface area contributed by atoms with Crippen LogP contribution in [0, 0.1) is 6.92 Å². The smallest absolute Gasteiger partial charge is 0.744 e. The van der Waals surface area contributed by atoms with Crippen LogP contribution in [0.2, 0.25) is 0 Å². The predicted octanol–water partition coefficient (Wildman–Crippen LogP) is -0.985. The van der Waals surface area contributed by atoms with Crippen molar-refractivity contribution in [3.8, 4) is 0 Å². The first-order valence-corrected chi connectivity index (χ1v) is 6.54. The zero-order valence-corrected chi connectivity index (χ0v) is 12.6. The molecule has 0 atom stereocenters. The largest absolute Gasteiger partial charge is 1.00 e. The van der Waals surface area contributed by atoms with E-state index in [-0.39, 0.29) is 34.5 Å². The number of hydrogen-bond donors (Lipinski definition) is 0. The Morgan fingerprint density at radius 2 is 2.00 bits per heavy atom. The van der Waals surface area contributed by atoms with E-state index in [2.05, 4.69) is 0 Å². The van der Waals surface area contributed by atoms with E-state index in [9.17, 15) is 13.0 Å². The standard InChI is InChI=1S/C9H12O3S2.Na/c1-3-13-8-6-4-5-7(2)9(8)14(10,11)12;/h4-6H,3H2,1-2H3,(H,10,11,12);/q;+1/p-1. The molecule has 0 N–H and O–H groups in total. The van der Waals surface area contributed by atoms with Crippen LogP contribution in [-0.4, -0.2) is 18.7 Å². The maximum Gasteiger partial charge on any atom is 1.00 e. The molecule has 78 valence electrons. The minimum Gasteiger partial charge on any atom is -0.744 e. The van der Waals surface area contributed by atoms with Crippen LogP contribution in [0.25, 0.3) is 0 Å². The Hall–Kier alpha value is 0.480. The summed E-state index contributed by atoms with van der Waals surface area (Å²) in [4.78, 5) is 0.467. The Kier molecular flexibility index (Phi) is 6.47. The van der Waals surface area contributed by atoms with Gasteiger partial charge in [0, 0.05) is 4.90 Å². The predicted molar refractivity (Wildman–Crippen MR) is 55.5 cm³/mol. The molecule has 0 saturated carbocycles. The van der Waals surface area contributed by atoms with E-state index in [0.29, 0.717) is 10.5 Å².